The fourth-order valence-electron chi connectivity index (χ4n) is 3.19. The number of methoxy groups -OCH3 is 1. The zero-order valence-corrected chi connectivity index (χ0v) is 16.2. The Hall–Kier alpha value is -3.15. The normalized spacial score (nSPS) is 11.9. The number of benzene rings is 2. The Morgan fingerprint density at radius 3 is 2.54 bits per heavy atom. The number of rotatable bonds is 8. The van der Waals surface area contributed by atoms with E-state index in [1.807, 2.05) is 59.3 Å². The van der Waals surface area contributed by atoms with Crippen molar-refractivity contribution in [3.05, 3.63) is 65.9 Å². The molecule has 3 aromatic rings. The molecule has 1 atom stereocenters. The van der Waals surface area contributed by atoms with E-state index in [0.717, 1.165) is 35.9 Å². The van der Waals surface area contributed by atoms with Gasteiger partial charge in [-0.2, -0.15) is 5.10 Å². The van der Waals surface area contributed by atoms with Crippen LogP contribution in [0.25, 0.3) is 10.9 Å². The second kappa shape index (κ2) is 9.17. The van der Waals surface area contributed by atoms with Crippen molar-refractivity contribution in [2.45, 2.75) is 38.8 Å². The van der Waals surface area contributed by atoms with E-state index in [1.165, 1.54) is 7.11 Å². The number of aromatic nitrogens is 2. The molecule has 0 spiro atoms. The summed E-state index contributed by atoms with van der Waals surface area (Å²) < 4.78 is 6.75. The van der Waals surface area contributed by atoms with Crippen LogP contribution in [-0.4, -0.2) is 34.8 Å². The second-order valence-electron chi connectivity index (χ2n) is 6.68. The number of aryl methyl sites for hydroxylation is 1. The summed E-state index contributed by atoms with van der Waals surface area (Å²) in [5.74, 6) is -0.857. The quantitative estimate of drug-likeness (QED) is 0.609. The van der Waals surface area contributed by atoms with E-state index in [2.05, 4.69) is 17.3 Å². The lowest BCUT2D eigenvalue weighted by Crippen LogP contribution is -2.43. The molecule has 0 radical (unpaired) electrons. The number of hydrogen-bond donors (Lipinski definition) is 1. The van der Waals surface area contributed by atoms with Gasteiger partial charge in [-0.3, -0.25) is 9.48 Å². The largest absolute Gasteiger partial charge is 0.467 e. The van der Waals surface area contributed by atoms with Crippen LogP contribution in [0.3, 0.4) is 0 Å². The molecule has 2 aromatic carbocycles. The van der Waals surface area contributed by atoms with Crippen LogP contribution in [-0.2, 0) is 22.5 Å². The number of ether oxygens (including phenoxy) is 1. The summed E-state index contributed by atoms with van der Waals surface area (Å²) in [4.78, 5) is 25.2. The molecule has 3 rings (SSSR count). The van der Waals surface area contributed by atoms with Gasteiger partial charge in [0.25, 0.3) is 5.91 Å². The van der Waals surface area contributed by atoms with Crippen molar-refractivity contribution < 1.29 is 14.3 Å². The SMILES string of the molecule is CCCCn1nc(C(=O)N[C@@H](Cc2ccccc2)C(=O)OC)c2ccccc21. The topological polar surface area (TPSA) is 73.2 Å². The number of carbonyl (C=O) groups excluding carboxylic acids is 2. The van der Waals surface area contributed by atoms with Gasteiger partial charge in [0.1, 0.15) is 6.04 Å². The predicted octanol–water partition coefficient (Wildman–Crippen LogP) is 3.35. The van der Waals surface area contributed by atoms with Gasteiger partial charge in [-0.25, -0.2) is 4.79 Å². The van der Waals surface area contributed by atoms with Crippen LogP contribution in [0.2, 0.25) is 0 Å². The molecule has 0 fully saturated rings. The maximum atomic E-state index is 13.0. The van der Waals surface area contributed by atoms with Crippen LogP contribution in [0, 0.1) is 0 Å². The fraction of sp³-hybridized carbons (Fsp3) is 0.318. The highest BCUT2D eigenvalue weighted by Gasteiger charge is 2.25. The zero-order valence-electron chi connectivity index (χ0n) is 16.2. The molecular weight excluding hydrogens is 354 g/mol. The molecule has 1 N–H and O–H groups in total. The number of nitrogens with one attached hydrogen (secondary N) is 1. The maximum absolute atomic E-state index is 13.0. The molecule has 1 amide bonds. The summed E-state index contributed by atoms with van der Waals surface area (Å²) >= 11 is 0. The highest BCUT2D eigenvalue weighted by Crippen LogP contribution is 2.19. The van der Waals surface area contributed by atoms with Gasteiger partial charge in [-0.05, 0) is 18.1 Å². The highest BCUT2D eigenvalue weighted by molar-refractivity contribution is 6.06. The van der Waals surface area contributed by atoms with Gasteiger partial charge in [0.15, 0.2) is 5.69 Å². The number of unbranched alkanes of at least 4 members (excludes halogenated alkanes) is 1. The first-order valence-corrected chi connectivity index (χ1v) is 9.52. The molecule has 0 unspecified atom stereocenters. The molecule has 0 saturated carbocycles. The van der Waals surface area contributed by atoms with Crippen LogP contribution >= 0.6 is 0 Å². The van der Waals surface area contributed by atoms with Gasteiger partial charge in [0.05, 0.1) is 12.6 Å². The summed E-state index contributed by atoms with van der Waals surface area (Å²) in [5.41, 5.74) is 2.18. The molecule has 0 aliphatic carbocycles. The summed E-state index contributed by atoms with van der Waals surface area (Å²) in [5, 5.41) is 8.11. The number of esters is 1. The molecule has 6 nitrogen and oxygen atoms in total. The zero-order chi connectivity index (χ0) is 19.9. The van der Waals surface area contributed by atoms with E-state index in [1.54, 1.807) is 0 Å². The summed E-state index contributed by atoms with van der Waals surface area (Å²) in [6, 6.07) is 16.4. The first-order valence-electron chi connectivity index (χ1n) is 9.52. The monoisotopic (exact) mass is 379 g/mol. The number of hydrogen-bond acceptors (Lipinski definition) is 4. The van der Waals surface area contributed by atoms with Crippen molar-refractivity contribution >= 4 is 22.8 Å². The van der Waals surface area contributed by atoms with Gasteiger partial charge >= 0.3 is 5.97 Å². The van der Waals surface area contributed by atoms with Gasteiger partial charge in [-0.1, -0.05) is 61.9 Å². The van der Waals surface area contributed by atoms with Crippen molar-refractivity contribution in [1.82, 2.24) is 15.1 Å². The van der Waals surface area contributed by atoms with Crippen molar-refractivity contribution in [2.24, 2.45) is 0 Å². The highest BCUT2D eigenvalue weighted by atomic mass is 16.5. The van der Waals surface area contributed by atoms with E-state index in [4.69, 9.17) is 4.74 Å². The number of para-hydroxylation sites is 1. The predicted molar refractivity (Wildman–Crippen MR) is 108 cm³/mol. The minimum atomic E-state index is -0.778. The smallest absolute Gasteiger partial charge is 0.328 e. The average Bonchev–Trinajstić information content (AvgIpc) is 3.10. The second-order valence-corrected chi connectivity index (χ2v) is 6.68. The van der Waals surface area contributed by atoms with Gasteiger partial charge < -0.3 is 10.1 Å². The third kappa shape index (κ3) is 4.39. The third-order valence-corrected chi connectivity index (χ3v) is 4.67. The summed E-state index contributed by atoms with van der Waals surface area (Å²) in [7, 11) is 1.32. The first-order chi connectivity index (χ1) is 13.6. The Bertz CT molecular complexity index is 950. The van der Waals surface area contributed by atoms with E-state index in [0.29, 0.717) is 12.1 Å². The minimum absolute atomic E-state index is 0.327. The van der Waals surface area contributed by atoms with Crippen LogP contribution < -0.4 is 5.32 Å². The lowest BCUT2D eigenvalue weighted by atomic mass is 10.1. The van der Waals surface area contributed by atoms with Crippen LogP contribution in [0.1, 0.15) is 35.8 Å². The lowest BCUT2D eigenvalue weighted by molar-refractivity contribution is -0.142. The number of amides is 1. The maximum Gasteiger partial charge on any atom is 0.328 e. The Kier molecular flexibility index (Phi) is 6.42. The molecule has 1 aromatic heterocycles. The fourth-order valence-corrected chi connectivity index (χ4v) is 3.19. The molecule has 6 heteroatoms. The molecule has 146 valence electrons. The van der Waals surface area contributed by atoms with Crippen molar-refractivity contribution in [2.75, 3.05) is 7.11 Å². The average molecular weight is 379 g/mol. The van der Waals surface area contributed by atoms with Gasteiger partial charge in [0.2, 0.25) is 0 Å². The van der Waals surface area contributed by atoms with Crippen LogP contribution in [0.15, 0.2) is 54.6 Å². The standard InChI is InChI=1S/C22H25N3O3/c1-3-4-14-25-19-13-9-8-12-17(19)20(24-25)21(26)23-18(22(27)28-2)15-16-10-6-5-7-11-16/h5-13,18H,3-4,14-15H2,1-2H3,(H,23,26)/t18-/m0/s1. The molecule has 0 saturated heterocycles. The Morgan fingerprint density at radius 2 is 1.82 bits per heavy atom. The Labute approximate surface area is 164 Å². The third-order valence-electron chi connectivity index (χ3n) is 4.67. The Balaban J connectivity index is 1.86. The molecular formula is C22H25N3O3. The van der Waals surface area contributed by atoms with Gasteiger partial charge in [-0.15, -0.1) is 0 Å². The van der Waals surface area contributed by atoms with Gasteiger partial charge in [0, 0.05) is 18.4 Å². The van der Waals surface area contributed by atoms with Crippen molar-refractivity contribution in [1.29, 1.82) is 0 Å². The van der Waals surface area contributed by atoms with Crippen molar-refractivity contribution in [3.8, 4) is 0 Å². The molecule has 28 heavy (non-hydrogen) atoms. The number of carbonyl (C=O) groups is 2. The van der Waals surface area contributed by atoms with Crippen LogP contribution in [0.4, 0.5) is 0 Å². The molecule has 0 aliphatic rings. The summed E-state index contributed by atoms with van der Waals surface area (Å²) in [6.45, 7) is 2.86. The van der Waals surface area contributed by atoms with Crippen LogP contribution in [0.5, 0.6) is 0 Å². The number of fused-ring (bicyclic) bond motifs is 1. The first kappa shape index (κ1) is 19.6. The molecule has 0 aliphatic heterocycles. The summed E-state index contributed by atoms with van der Waals surface area (Å²) in [6.07, 6.45) is 2.37. The van der Waals surface area contributed by atoms with E-state index >= 15 is 0 Å². The molecule has 1 heterocycles. The van der Waals surface area contributed by atoms with E-state index < -0.39 is 12.0 Å². The van der Waals surface area contributed by atoms with E-state index in [9.17, 15) is 9.59 Å². The lowest BCUT2D eigenvalue weighted by Gasteiger charge is -2.16. The minimum Gasteiger partial charge on any atom is -0.467 e. The van der Waals surface area contributed by atoms with Crippen molar-refractivity contribution in [3.63, 3.8) is 0 Å². The number of nitrogens with zero attached hydrogens (tertiary/aromatic N) is 2. The Morgan fingerprint density at radius 1 is 1.11 bits per heavy atom. The van der Waals surface area contributed by atoms with E-state index in [-0.39, 0.29) is 5.91 Å². The molecule has 0 bridgehead atoms.